The molecule has 0 aromatic carbocycles. The fraction of sp³-hybridized carbons (Fsp3) is 0.933. The van der Waals surface area contributed by atoms with Gasteiger partial charge in [-0.2, -0.15) is 0 Å². The van der Waals surface area contributed by atoms with E-state index in [4.69, 9.17) is 4.74 Å². The van der Waals surface area contributed by atoms with Gasteiger partial charge in [0.1, 0.15) is 11.2 Å². The molecule has 0 N–H and O–H groups in total. The van der Waals surface area contributed by atoms with Crippen molar-refractivity contribution < 1.29 is 9.53 Å². The molecule has 2 aliphatic carbocycles. The lowest BCUT2D eigenvalue weighted by Crippen LogP contribution is -2.52. The van der Waals surface area contributed by atoms with Gasteiger partial charge in [0.2, 0.25) is 0 Å². The lowest BCUT2D eigenvalue weighted by molar-refractivity contribution is -0.139. The van der Waals surface area contributed by atoms with Crippen LogP contribution in [0.2, 0.25) is 0 Å². The van der Waals surface area contributed by atoms with Gasteiger partial charge >= 0.3 is 0 Å². The molecular formula is C15H24O2S. The summed E-state index contributed by atoms with van der Waals surface area (Å²) in [6, 6.07) is 0. The van der Waals surface area contributed by atoms with E-state index in [1.54, 1.807) is 0 Å². The highest BCUT2D eigenvalue weighted by Crippen LogP contribution is 2.53. The fourth-order valence-corrected chi connectivity index (χ4v) is 5.45. The van der Waals surface area contributed by atoms with Crippen LogP contribution in [-0.2, 0) is 9.53 Å². The molecule has 3 heteroatoms. The molecule has 0 bridgehead atoms. The van der Waals surface area contributed by atoms with Gasteiger partial charge in [-0.05, 0) is 31.1 Å². The molecule has 0 aromatic rings. The number of fused-ring (bicyclic) bond motifs is 1. The van der Waals surface area contributed by atoms with E-state index >= 15 is 0 Å². The molecule has 2 saturated carbocycles. The SMILES string of the molecule is C[C@@H]1CC[C@@H]2[C@@H](C1)O[C@@H]([C@@H]1CCC1=O)SC2(C)C. The highest BCUT2D eigenvalue weighted by atomic mass is 32.2. The molecular weight excluding hydrogens is 244 g/mol. The first kappa shape index (κ1) is 13.0. The molecule has 0 spiro atoms. The van der Waals surface area contributed by atoms with E-state index < -0.39 is 0 Å². The molecule has 0 aromatic heterocycles. The predicted octanol–water partition coefficient (Wildman–Crippen LogP) is 3.64. The second kappa shape index (κ2) is 4.52. The van der Waals surface area contributed by atoms with E-state index in [1.807, 2.05) is 11.8 Å². The van der Waals surface area contributed by atoms with Crippen molar-refractivity contribution in [1.29, 1.82) is 0 Å². The molecule has 102 valence electrons. The highest BCUT2D eigenvalue weighted by molar-refractivity contribution is 8.01. The van der Waals surface area contributed by atoms with Crippen LogP contribution in [0.3, 0.4) is 0 Å². The number of rotatable bonds is 1. The third-order valence-electron chi connectivity index (χ3n) is 5.12. The smallest absolute Gasteiger partial charge is 0.139 e. The Labute approximate surface area is 114 Å². The summed E-state index contributed by atoms with van der Waals surface area (Å²) >= 11 is 1.92. The quantitative estimate of drug-likeness (QED) is 0.726. The second-order valence-corrected chi connectivity index (χ2v) is 8.65. The Hall–Kier alpha value is -0.0200. The third kappa shape index (κ3) is 2.14. The topological polar surface area (TPSA) is 26.3 Å². The van der Waals surface area contributed by atoms with Gasteiger partial charge in [0, 0.05) is 11.2 Å². The number of Topliss-reactive ketones (excluding diaryl/α,β-unsaturated/α-hetero) is 1. The number of carbonyl (C=O) groups excluding carboxylic acids is 1. The second-order valence-electron chi connectivity index (χ2n) is 6.90. The summed E-state index contributed by atoms with van der Waals surface area (Å²) in [7, 11) is 0. The molecule has 18 heavy (non-hydrogen) atoms. The van der Waals surface area contributed by atoms with Crippen molar-refractivity contribution in [2.75, 3.05) is 0 Å². The van der Waals surface area contributed by atoms with Crippen molar-refractivity contribution in [2.45, 2.75) is 69.2 Å². The largest absolute Gasteiger partial charge is 0.363 e. The number of thioether (sulfide) groups is 1. The predicted molar refractivity (Wildman–Crippen MR) is 74.6 cm³/mol. The molecule has 1 heterocycles. The lowest BCUT2D eigenvalue weighted by Gasteiger charge is -2.52. The molecule has 0 unspecified atom stereocenters. The Bertz CT molecular complexity index is 352. The maximum absolute atomic E-state index is 11.7. The van der Waals surface area contributed by atoms with E-state index in [9.17, 15) is 4.79 Å². The Kier molecular flexibility index (Phi) is 3.26. The molecule has 1 saturated heterocycles. The van der Waals surface area contributed by atoms with Gasteiger partial charge in [-0.15, -0.1) is 11.8 Å². The molecule has 3 aliphatic rings. The number of ketones is 1. The molecule has 0 amide bonds. The third-order valence-corrected chi connectivity index (χ3v) is 6.70. The summed E-state index contributed by atoms with van der Waals surface area (Å²) in [6.45, 7) is 7.03. The van der Waals surface area contributed by atoms with Crippen molar-refractivity contribution in [3.05, 3.63) is 0 Å². The van der Waals surface area contributed by atoms with Gasteiger partial charge in [0.25, 0.3) is 0 Å². The Morgan fingerprint density at radius 3 is 2.67 bits per heavy atom. The normalized spacial score (nSPS) is 47.3. The van der Waals surface area contributed by atoms with Crippen molar-refractivity contribution in [2.24, 2.45) is 17.8 Å². The van der Waals surface area contributed by atoms with Crippen molar-refractivity contribution >= 4 is 17.5 Å². The van der Waals surface area contributed by atoms with Crippen LogP contribution in [0.5, 0.6) is 0 Å². The summed E-state index contributed by atoms with van der Waals surface area (Å²) in [5.74, 6) is 2.06. The van der Waals surface area contributed by atoms with Crippen LogP contribution in [0.4, 0.5) is 0 Å². The van der Waals surface area contributed by atoms with Crippen LogP contribution in [-0.4, -0.2) is 22.1 Å². The first-order valence-corrected chi connectivity index (χ1v) is 8.21. The van der Waals surface area contributed by atoms with Crippen LogP contribution in [0.15, 0.2) is 0 Å². The molecule has 0 radical (unpaired) electrons. The minimum atomic E-state index is 0.132. The van der Waals surface area contributed by atoms with E-state index in [2.05, 4.69) is 20.8 Å². The van der Waals surface area contributed by atoms with Gasteiger partial charge in [-0.25, -0.2) is 0 Å². The minimum Gasteiger partial charge on any atom is -0.363 e. The van der Waals surface area contributed by atoms with E-state index in [0.29, 0.717) is 17.8 Å². The first-order chi connectivity index (χ1) is 8.47. The maximum Gasteiger partial charge on any atom is 0.139 e. The molecule has 1 aliphatic heterocycles. The number of hydrogen-bond acceptors (Lipinski definition) is 3. The van der Waals surface area contributed by atoms with E-state index in [0.717, 1.165) is 18.8 Å². The Morgan fingerprint density at radius 1 is 1.28 bits per heavy atom. The van der Waals surface area contributed by atoms with Gasteiger partial charge in [-0.1, -0.05) is 27.2 Å². The average Bonchev–Trinajstić information content (AvgIpc) is 2.25. The minimum absolute atomic E-state index is 0.132. The zero-order valence-electron chi connectivity index (χ0n) is 11.6. The number of carbonyl (C=O) groups is 1. The van der Waals surface area contributed by atoms with Gasteiger partial charge in [0.05, 0.1) is 12.0 Å². The zero-order chi connectivity index (χ0) is 12.9. The summed E-state index contributed by atoms with van der Waals surface area (Å²) in [6.07, 6.45) is 6.02. The van der Waals surface area contributed by atoms with Crippen molar-refractivity contribution in [3.8, 4) is 0 Å². The van der Waals surface area contributed by atoms with E-state index in [1.165, 1.54) is 19.3 Å². The van der Waals surface area contributed by atoms with Crippen LogP contribution in [0.25, 0.3) is 0 Å². The fourth-order valence-electron chi connectivity index (χ4n) is 3.75. The van der Waals surface area contributed by atoms with Gasteiger partial charge < -0.3 is 4.74 Å². The Morgan fingerprint density at radius 2 is 2.06 bits per heavy atom. The van der Waals surface area contributed by atoms with Crippen LogP contribution < -0.4 is 0 Å². The Balaban J connectivity index is 1.76. The van der Waals surface area contributed by atoms with Crippen molar-refractivity contribution in [3.63, 3.8) is 0 Å². The van der Waals surface area contributed by atoms with Crippen molar-refractivity contribution in [1.82, 2.24) is 0 Å². The first-order valence-electron chi connectivity index (χ1n) is 7.33. The van der Waals surface area contributed by atoms with Gasteiger partial charge in [-0.3, -0.25) is 4.79 Å². The number of hydrogen-bond donors (Lipinski definition) is 0. The maximum atomic E-state index is 11.7. The highest BCUT2D eigenvalue weighted by Gasteiger charge is 2.50. The molecule has 5 atom stereocenters. The van der Waals surface area contributed by atoms with Crippen LogP contribution >= 0.6 is 11.8 Å². The zero-order valence-corrected chi connectivity index (χ0v) is 12.5. The average molecular weight is 268 g/mol. The molecule has 2 nitrogen and oxygen atoms in total. The van der Waals surface area contributed by atoms with Crippen LogP contribution in [0.1, 0.15) is 52.9 Å². The molecule has 3 fully saturated rings. The summed E-state index contributed by atoms with van der Waals surface area (Å²) in [4.78, 5) is 11.7. The molecule has 3 rings (SSSR count). The number of ether oxygens (including phenoxy) is 1. The van der Waals surface area contributed by atoms with E-state index in [-0.39, 0.29) is 16.1 Å². The lowest BCUT2D eigenvalue weighted by atomic mass is 9.74. The summed E-state index contributed by atoms with van der Waals surface area (Å²) in [5, 5.41) is 0. The van der Waals surface area contributed by atoms with Gasteiger partial charge in [0.15, 0.2) is 0 Å². The standard InChI is InChI=1S/C15H24O2S/c1-9-4-6-11-13(8-9)17-14(18-15(11,2)3)10-5-7-12(10)16/h9-11,13-14H,4-8H2,1-3H3/t9-,10-,11-,13-,14-/m1/s1. The summed E-state index contributed by atoms with van der Waals surface area (Å²) < 4.78 is 6.58. The van der Waals surface area contributed by atoms with Crippen LogP contribution in [0, 0.1) is 17.8 Å². The summed E-state index contributed by atoms with van der Waals surface area (Å²) in [5.41, 5.74) is 0.132. The monoisotopic (exact) mass is 268 g/mol.